The highest BCUT2D eigenvalue weighted by Gasteiger charge is 2.73. The van der Waals surface area contributed by atoms with Crippen LogP contribution in [-0.2, 0) is 16.6 Å². The van der Waals surface area contributed by atoms with Crippen molar-refractivity contribution in [3.8, 4) is 11.5 Å². The summed E-state index contributed by atoms with van der Waals surface area (Å²) in [6.07, 6.45) is 4.37. The van der Waals surface area contributed by atoms with Crippen molar-refractivity contribution in [1.82, 2.24) is 15.1 Å². The first-order valence-corrected chi connectivity index (χ1v) is 13.0. The van der Waals surface area contributed by atoms with E-state index in [1.54, 1.807) is 18.3 Å². The number of nitrogens with zero attached hydrogens (tertiary/aromatic N) is 2. The minimum atomic E-state index is -1.33. The number of hydrogen-bond donors (Lipinski definition) is 5. The van der Waals surface area contributed by atoms with Gasteiger partial charge in [-0.25, -0.2) is 0 Å². The Balaban J connectivity index is 1.24. The van der Waals surface area contributed by atoms with Gasteiger partial charge >= 0.3 is 0 Å². The number of piperidine rings is 1. The van der Waals surface area contributed by atoms with Gasteiger partial charge in [-0.3, -0.25) is 14.8 Å². The third-order valence-electron chi connectivity index (χ3n) is 9.49. The van der Waals surface area contributed by atoms with Gasteiger partial charge in [0.05, 0.1) is 28.3 Å². The lowest BCUT2D eigenvalue weighted by atomic mass is 9.49. The second-order valence-corrected chi connectivity index (χ2v) is 11.4. The van der Waals surface area contributed by atoms with E-state index in [4.69, 9.17) is 4.74 Å². The van der Waals surface area contributed by atoms with Crippen LogP contribution in [0.1, 0.15) is 36.8 Å². The minimum absolute atomic E-state index is 0.00375. The number of hydrogen-bond acceptors (Lipinski definition) is 7. The van der Waals surface area contributed by atoms with E-state index >= 15 is 0 Å². The summed E-state index contributed by atoms with van der Waals surface area (Å²) < 4.78 is 6.26. The normalized spacial score (nSPS) is 31.8. The van der Waals surface area contributed by atoms with E-state index in [1.807, 2.05) is 18.2 Å². The molecule has 0 radical (unpaired) electrons. The topological polar surface area (TPSA) is 131 Å². The van der Waals surface area contributed by atoms with Gasteiger partial charge in [-0.1, -0.05) is 6.07 Å². The summed E-state index contributed by atoms with van der Waals surface area (Å²) in [4.78, 5) is 16.0. The molecule has 9 heteroatoms. The molecule has 2 aromatic carbocycles. The number of amides is 1. The van der Waals surface area contributed by atoms with Gasteiger partial charge in [0.25, 0.3) is 5.91 Å². The maximum Gasteiger partial charge on any atom is 0.255 e. The van der Waals surface area contributed by atoms with Crippen molar-refractivity contribution in [2.45, 2.75) is 55.3 Å². The highest BCUT2D eigenvalue weighted by molar-refractivity contribution is 6.05. The number of ether oxygens (including phenoxy) is 1. The van der Waals surface area contributed by atoms with E-state index in [9.17, 15) is 20.1 Å². The molecule has 2 aliphatic heterocycles. The van der Waals surface area contributed by atoms with Crippen LogP contribution in [0.4, 0.5) is 5.69 Å². The number of rotatable bonds is 4. The van der Waals surface area contributed by atoms with E-state index < -0.39 is 23.0 Å². The molecule has 8 rings (SSSR count). The average Bonchev–Trinajstić information content (AvgIpc) is 3.43. The molecule has 9 nitrogen and oxygen atoms in total. The SMILES string of the molecule is O=C(Nc1ccc2[nH]ncc2c1)C1=C(O)[C@@H]2Oc3c(O)ccc4c3[C@@]23CCN(CC2CC2)[C@H](C4)[C@]3(O)C1. The molecular weight excluding hydrogens is 472 g/mol. The van der Waals surface area contributed by atoms with Gasteiger partial charge in [0.15, 0.2) is 17.6 Å². The average molecular weight is 501 g/mol. The third kappa shape index (κ3) is 2.70. The Labute approximate surface area is 212 Å². The Hall–Kier alpha value is -3.56. The van der Waals surface area contributed by atoms with Crippen LogP contribution in [0.5, 0.6) is 11.5 Å². The van der Waals surface area contributed by atoms with Crippen molar-refractivity contribution in [3.63, 3.8) is 0 Å². The van der Waals surface area contributed by atoms with Crippen LogP contribution >= 0.6 is 0 Å². The van der Waals surface area contributed by atoms with Gasteiger partial charge in [-0.15, -0.1) is 0 Å². The number of H-pyrrole nitrogens is 1. The number of phenols is 1. The number of likely N-dealkylation sites (tertiary alicyclic amines) is 1. The molecule has 4 atom stereocenters. The number of fused-ring (bicyclic) bond motifs is 1. The van der Waals surface area contributed by atoms with Crippen molar-refractivity contribution in [1.29, 1.82) is 0 Å². The largest absolute Gasteiger partial charge is 0.508 e. The molecule has 1 aromatic heterocycles. The Bertz CT molecular complexity index is 1530. The summed E-state index contributed by atoms with van der Waals surface area (Å²) in [6, 6.07) is 8.75. The summed E-state index contributed by atoms with van der Waals surface area (Å²) in [7, 11) is 0. The van der Waals surface area contributed by atoms with Crippen LogP contribution in [0.15, 0.2) is 47.9 Å². The molecule has 3 heterocycles. The highest BCUT2D eigenvalue weighted by Crippen LogP contribution is 2.66. The molecule has 1 amide bonds. The van der Waals surface area contributed by atoms with Crippen LogP contribution in [-0.4, -0.2) is 67.2 Å². The summed E-state index contributed by atoms with van der Waals surface area (Å²) in [6.45, 7) is 1.70. The van der Waals surface area contributed by atoms with E-state index in [0.29, 0.717) is 30.2 Å². The molecule has 1 saturated heterocycles. The van der Waals surface area contributed by atoms with Gasteiger partial charge < -0.3 is 25.4 Å². The standard InChI is InChI=1S/C28H28N4O5/c33-20-6-3-15-10-21-28(36)11-18(26(35)30-17-4-5-19-16(9-17)12-29-31-19)23(34)25-27(28,22(15)24(20)37-25)7-8-32(21)13-14-1-2-14/h3-6,9,12,14,21,25,33-34,36H,1-2,7-8,10-11,13H2,(H,29,31)(H,30,35)/t21-,25+,27+,28-/m1/s1. The molecule has 37 heavy (non-hydrogen) atoms. The number of aromatic nitrogens is 2. The van der Waals surface area contributed by atoms with E-state index in [0.717, 1.165) is 35.1 Å². The zero-order valence-electron chi connectivity index (χ0n) is 20.2. The number of phenolic OH excluding ortho intramolecular Hbond substituents is 1. The van der Waals surface area contributed by atoms with Crippen molar-refractivity contribution in [2.75, 3.05) is 18.4 Å². The Morgan fingerprint density at radius 3 is 2.95 bits per heavy atom. The van der Waals surface area contributed by atoms with Gasteiger partial charge in [0.1, 0.15) is 5.76 Å². The van der Waals surface area contributed by atoms with Crippen molar-refractivity contribution in [2.24, 2.45) is 5.92 Å². The number of aliphatic hydroxyl groups is 2. The minimum Gasteiger partial charge on any atom is -0.508 e. The number of nitrogens with one attached hydrogen (secondary N) is 2. The van der Waals surface area contributed by atoms with Gasteiger partial charge in [0.2, 0.25) is 0 Å². The molecule has 2 fully saturated rings. The maximum atomic E-state index is 13.6. The van der Waals surface area contributed by atoms with Crippen molar-refractivity contribution in [3.05, 3.63) is 59.0 Å². The number of aromatic amines is 1. The van der Waals surface area contributed by atoms with Gasteiger partial charge in [-0.2, -0.15) is 5.10 Å². The summed E-state index contributed by atoms with van der Waals surface area (Å²) >= 11 is 0. The van der Waals surface area contributed by atoms with Crippen molar-refractivity contribution < 1.29 is 24.9 Å². The quantitative estimate of drug-likeness (QED) is 0.372. The second kappa shape index (κ2) is 7.05. The Morgan fingerprint density at radius 2 is 2.11 bits per heavy atom. The highest BCUT2D eigenvalue weighted by atomic mass is 16.5. The molecule has 190 valence electrons. The number of aliphatic hydroxyl groups excluding tert-OH is 1. The first-order valence-electron chi connectivity index (χ1n) is 13.0. The molecule has 5 N–H and O–H groups in total. The molecule has 1 saturated carbocycles. The van der Waals surface area contributed by atoms with E-state index in [1.165, 1.54) is 12.8 Å². The predicted octanol–water partition coefficient (Wildman–Crippen LogP) is 2.89. The fourth-order valence-corrected chi connectivity index (χ4v) is 7.60. The number of aromatic hydroxyl groups is 1. The summed E-state index contributed by atoms with van der Waals surface area (Å²) in [5, 5.41) is 45.6. The smallest absolute Gasteiger partial charge is 0.255 e. The lowest BCUT2D eigenvalue weighted by Gasteiger charge is -2.62. The molecule has 2 bridgehead atoms. The fourth-order valence-electron chi connectivity index (χ4n) is 7.60. The number of benzene rings is 2. The molecule has 3 aliphatic carbocycles. The Kier molecular flexibility index (Phi) is 4.10. The molecule has 1 spiro atoms. The number of anilines is 1. The lowest BCUT2D eigenvalue weighted by Crippen LogP contribution is -2.75. The first kappa shape index (κ1) is 21.5. The van der Waals surface area contributed by atoms with Crippen LogP contribution in [0.25, 0.3) is 10.9 Å². The molecule has 5 aliphatic rings. The molecule has 0 unspecified atom stereocenters. The fraction of sp³-hybridized carbons (Fsp3) is 0.429. The summed E-state index contributed by atoms with van der Waals surface area (Å²) in [5.41, 5.74) is 1.16. The number of carbonyl (C=O) groups excluding carboxylic acids is 1. The van der Waals surface area contributed by atoms with E-state index in [-0.39, 0.29) is 29.5 Å². The van der Waals surface area contributed by atoms with Gasteiger partial charge in [-0.05, 0) is 68.0 Å². The van der Waals surface area contributed by atoms with Crippen LogP contribution < -0.4 is 10.1 Å². The van der Waals surface area contributed by atoms with Crippen LogP contribution in [0.2, 0.25) is 0 Å². The zero-order chi connectivity index (χ0) is 25.1. The van der Waals surface area contributed by atoms with E-state index in [2.05, 4.69) is 20.4 Å². The third-order valence-corrected chi connectivity index (χ3v) is 9.49. The zero-order valence-corrected chi connectivity index (χ0v) is 20.2. The Morgan fingerprint density at radius 1 is 1.24 bits per heavy atom. The molecular formula is C28H28N4O5. The monoisotopic (exact) mass is 500 g/mol. The van der Waals surface area contributed by atoms with Gasteiger partial charge in [0, 0.05) is 35.6 Å². The predicted molar refractivity (Wildman–Crippen MR) is 135 cm³/mol. The first-order chi connectivity index (χ1) is 17.9. The second-order valence-electron chi connectivity index (χ2n) is 11.4. The lowest BCUT2D eigenvalue weighted by molar-refractivity contribution is -0.172. The maximum absolute atomic E-state index is 13.6. The number of carbonyl (C=O) groups is 1. The van der Waals surface area contributed by atoms with Crippen LogP contribution in [0, 0.1) is 5.92 Å². The van der Waals surface area contributed by atoms with Crippen molar-refractivity contribution >= 4 is 22.5 Å². The van der Waals surface area contributed by atoms with Crippen LogP contribution in [0.3, 0.4) is 0 Å². The summed E-state index contributed by atoms with van der Waals surface area (Å²) in [5.74, 6) is 0.345. The molecule has 3 aromatic rings.